The van der Waals surface area contributed by atoms with Crippen molar-refractivity contribution in [3.8, 4) is 0 Å². The van der Waals surface area contributed by atoms with E-state index in [-0.39, 0.29) is 11.9 Å². The van der Waals surface area contributed by atoms with E-state index in [2.05, 4.69) is 11.4 Å². The minimum absolute atomic E-state index is 0.147. The quantitative estimate of drug-likeness (QED) is 0.897. The molecule has 0 unspecified atom stereocenters. The van der Waals surface area contributed by atoms with Gasteiger partial charge in [0.2, 0.25) is 0 Å². The molecule has 2 N–H and O–H groups in total. The highest BCUT2D eigenvalue weighted by atomic mass is 16.4. The van der Waals surface area contributed by atoms with Crippen molar-refractivity contribution in [3.05, 3.63) is 35.4 Å². The van der Waals surface area contributed by atoms with Crippen molar-refractivity contribution in [1.82, 2.24) is 10.2 Å². The summed E-state index contributed by atoms with van der Waals surface area (Å²) in [6.45, 7) is 4.75. The summed E-state index contributed by atoms with van der Waals surface area (Å²) in [6, 6.07) is 6.94. The van der Waals surface area contributed by atoms with Gasteiger partial charge < -0.3 is 15.3 Å². The minimum Gasteiger partial charge on any atom is -0.480 e. The van der Waals surface area contributed by atoms with E-state index in [4.69, 9.17) is 0 Å². The fraction of sp³-hybridized carbons (Fsp3) is 0.500. The molecule has 0 radical (unpaired) electrons. The maximum Gasteiger partial charge on any atom is 0.326 e. The van der Waals surface area contributed by atoms with Crippen LogP contribution in [0.1, 0.15) is 31.4 Å². The summed E-state index contributed by atoms with van der Waals surface area (Å²) >= 11 is 0. The van der Waals surface area contributed by atoms with Crippen molar-refractivity contribution in [1.29, 1.82) is 0 Å². The van der Waals surface area contributed by atoms with Crippen LogP contribution in [0.2, 0.25) is 0 Å². The Labute approximate surface area is 125 Å². The van der Waals surface area contributed by atoms with Crippen LogP contribution in [0, 0.1) is 5.92 Å². The highest BCUT2D eigenvalue weighted by Crippen LogP contribution is 2.18. The van der Waals surface area contributed by atoms with E-state index in [1.54, 1.807) is 18.7 Å². The number of rotatable bonds is 3. The van der Waals surface area contributed by atoms with Crippen molar-refractivity contribution in [2.45, 2.75) is 39.3 Å². The first kappa shape index (κ1) is 15.4. The van der Waals surface area contributed by atoms with Crippen LogP contribution in [-0.4, -0.2) is 34.6 Å². The normalized spacial score (nSPS) is 16.0. The Morgan fingerprint density at radius 1 is 1.24 bits per heavy atom. The molecule has 1 aliphatic rings. The lowest BCUT2D eigenvalue weighted by Gasteiger charge is -2.25. The summed E-state index contributed by atoms with van der Waals surface area (Å²) in [6.07, 6.45) is 1.84. The fourth-order valence-corrected chi connectivity index (χ4v) is 2.61. The number of carboxylic acids is 1. The van der Waals surface area contributed by atoms with E-state index >= 15 is 0 Å². The monoisotopic (exact) mass is 290 g/mol. The van der Waals surface area contributed by atoms with Gasteiger partial charge in [-0.05, 0) is 29.9 Å². The number of aryl methyl sites for hydroxylation is 1. The van der Waals surface area contributed by atoms with Gasteiger partial charge in [0.15, 0.2) is 0 Å². The number of carbonyl (C=O) groups excluding carboxylic acids is 1. The van der Waals surface area contributed by atoms with E-state index < -0.39 is 12.0 Å². The first-order valence-corrected chi connectivity index (χ1v) is 7.34. The number of nitrogens with one attached hydrogen (secondary N) is 1. The van der Waals surface area contributed by atoms with E-state index in [0.29, 0.717) is 13.1 Å². The van der Waals surface area contributed by atoms with Gasteiger partial charge in [-0.3, -0.25) is 0 Å². The number of amides is 2. The smallest absolute Gasteiger partial charge is 0.326 e. The molecule has 2 amide bonds. The third-order valence-corrected chi connectivity index (χ3v) is 3.85. The highest BCUT2D eigenvalue weighted by Gasteiger charge is 2.26. The van der Waals surface area contributed by atoms with Crippen molar-refractivity contribution in [2.24, 2.45) is 5.92 Å². The molecule has 0 saturated carbocycles. The largest absolute Gasteiger partial charge is 0.480 e. The van der Waals surface area contributed by atoms with Crippen molar-refractivity contribution in [3.63, 3.8) is 0 Å². The molecule has 0 fully saturated rings. The van der Waals surface area contributed by atoms with Gasteiger partial charge in [-0.15, -0.1) is 0 Å². The third-order valence-electron chi connectivity index (χ3n) is 3.85. The summed E-state index contributed by atoms with van der Waals surface area (Å²) in [5.74, 6) is -1.14. The zero-order chi connectivity index (χ0) is 15.4. The van der Waals surface area contributed by atoms with Gasteiger partial charge in [0, 0.05) is 13.1 Å². The van der Waals surface area contributed by atoms with Crippen LogP contribution in [0.4, 0.5) is 4.79 Å². The Bertz CT molecular complexity index is 528. The molecule has 5 heteroatoms. The fourth-order valence-electron chi connectivity index (χ4n) is 2.61. The molecule has 114 valence electrons. The lowest BCUT2D eigenvalue weighted by Crippen LogP contribution is -2.50. The van der Waals surface area contributed by atoms with Crippen LogP contribution in [-0.2, 0) is 17.8 Å². The number of nitrogens with zero attached hydrogens (tertiary/aromatic N) is 1. The predicted molar refractivity (Wildman–Crippen MR) is 80.0 cm³/mol. The molecule has 0 aromatic heterocycles. The minimum atomic E-state index is -0.992. The zero-order valence-corrected chi connectivity index (χ0v) is 12.5. The van der Waals surface area contributed by atoms with E-state index in [1.165, 1.54) is 5.56 Å². The van der Waals surface area contributed by atoms with Gasteiger partial charge in [-0.2, -0.15) is 0 Å². The van der Waals surface area contributed by atoms with Crippen LogP contribution >= 0.6 is 0 Å². The van der Waals surface area contributed by atoms with Crippen LogP contribution in [0.25, 0.3) is 0 Å². The predicted octanol–water partition coefficient (Wildman–Crippen LogP) is 2.25. The number of benzene rings is 1. The standard InChI is InChI=1S/C16H22N2O3/c1-11(2)14(15(19)20)17-16(21)18-9-5-8-12-6-3-4-7-13(12)10-18/h3-4,6-7,11,14H,5,8-10H2,1-2H3,(H,17,21)(H,19,20)/t14-/m1/s1. The van der Waals surface area contributed by atoms with Crippen LogP contribution < -0.4 is 5.32 Å². The Hall–Kier alpha value is -2.04. The molecule has 1 atom stereocenters. The topological polar surface area (TPSA) is 69.6 Å². The lowest BCUT2D eigenvalue weighted by molar-refractivity contribution is -0.140. The number of hydrogen-bond donors (Lipinski definition) is 2. The summed E-state index contributed by atoms with van der Waals surface area (Å²) < 4.78 is 0. The molecule has 21 heavy (non-hydrogen) atoms. The van der Waals surface area contributed by atoms with E-state index in [9.17, 15) is 14.7 Å². The zero-order valence-electron chi connectivity index (χ0n) is 12.5. The Morgan fingerprint density at radius 3 is 2.52 bits per heavy atom. The molecule has 1 aliphatic heterocycles. The van der Waals surface area contributed by atoms with Gasteiger partial charge in [-0.25, -0.2) is 9.59 Å². The van der Waals surface area contributed by atoms with Gasteiger partial charge >= 0.3 is 12.0 Å². The summed E-state index contributed by atoms with van der Waals surface area (Å²) in [5, 5.41) is 11.8. The van der Waals surface area contributed by atoms with Gasteiger partial charge in [-0.1, -0.05) is 38.1 Å². The van der Waals surface area contributed by atoms with Gasteiger partial charge in [0.25, 0.3) is 0 Å². The second-order valence-corrected chi connectivity index (χ2v) is 5.80. The summed E-state index contributed by atoms with van der Waals surface area (Å²) in [7, 11) is 0. The van der Waals surface area contributed by atoms with Crippen LogP contribution in [0.15, 0.2) is 24.3 Å². The van der Waals surface area contributed by atoms with Crippen molar-refractivity contribution >= 4 is 12.0 Å². The molecule has 0 saturated heterocycles. The Balaban J connectivity index is 2.08. The molecule has 0 aliphatic carbocycles. The highest BCUT2D eigenvalue weighted by molar-refractivity contribution is 5.82. The first-order chi connectivity index (χ1) is 9.99. The van der Waals surface area contributed by atoms with Crippen LogP contribution in [0.5, 0.6) is 0 Å². The molecule has 1 aromatic carbocycles. The summed E-state index contributed by atoms with van der Waals surface area (Å²) in [4.78, 5) is 25.2. The molecular formula is C16H22N2O3. The van der Waals surface area contributed by atoms with Gasteiger partial charge in [0.1, 0.15) is 6.04 Å². The number of carboxylic acid groups (broad SMARTS) is 1. The molecule has 5 nitrogen and oxygen atoms in total. The number of hydrogen-bond acceptors (Lipinski definition) is 2. The van der Waals surface area contributed by atoms with E-state index in [1.807, 2.05) is 18.2 Å². The second-order valence-electron chi connectivity index (χ2n) is 5.80. The maximum atomic E-state index is 12.3. The number of urea groups is 1. The second kappa shape index (κ2) is 6.61. The maximum absolute atomic E-state index is 12.3. The van der Waals surface area contributed by atoms with Crippen molar-refractivity contribution in [2.75, 3.05) is 6.54 Å². The Morgan fingerprint density at radius 2 is 1.90 bits per heavy atom. The molecular weight excluding hydrogens is 268 g/mol. The third kappa shape index (κ3) is 3.74. The number of fused-ring (bicyclic) bond motifs is 1. The summed E-state index contributed by atoms with van der Waals surface area (Å²) in [5.41, 5.74) is 2.41. The SMILES string of the molecule is CC(C)[C@@H](NC(=O)N1CCCc2ccccc2C1)C(=O)O. The average Bonchev–Trinajstić information content (AvgIpc) is 2.65. The molecule has 0 bridgehead atoms. The van der Waals surface area contributed by atoms with Gasteiger partial charge in [0.05, 0.1) is 0 Å². The molecule has 0 spiro atoms. The Kier molecular flexibility index (Phi) is 4.83. The first-order valence-electron chi connectivity index (χ1n) is 7.34. The van der Waals surface area contributed by atoms with Crippen LogP contribution in [0.3, 0.4) is 0 Å². The molecule has 1 aromatic rings. The molecule has 2 rings (SSSR count). The molecule has 1 heterocycles. The van der Waals surface area contributed by atoms with E-state index in [0.717, 1.165) is 18.4 Å². The average molecular weight is 290 g/mol. The lowest BCUT2D eigenvalue weighted by atomic mass is 10.0. The number of aliphatic carboxylic acids is 1. The van der Waals surface area contributed by atoms with Crippen molar-refractivity contribution < 1.29 is 14.7 Å². The number of carbonyl (C=O) groups is 2.